The van der Waals surface area contributed by atoms with Gasteiger partial charge in [-0.3, -0.25) is 0 Å². The zero-order valence-corrected chi connectivity index (χ0v) is 13.2. The van der Waals surface area contributed by atoms with E-state index in [4.69, 9.17) is 16.2 Å². The molecule has 0 aliphatic rings. The Bertz CT molecular complexity index is 1100. The molecular formula is C18H15N7. The predicted molar refractivity (Wildman–Crippen MR) is 98.3 cm³/mol. The van der Waals surface area contributed by atoms with Crippen molar-refractivity contribution in [3.05, 3.63) is 72.4 Å². The van der Waals surface area contributed by atoms with Crippen LogP contribution in [0.15, 0.2) is 77.2 Å². The molecule has 0 saturated carbocycles. The minimum atomic E-state index is 0.184. The first-order valence-electron chi connectivity index (χ1n) is 7.69. The van der Waals surface area contributed by atoms with Crippen LogP contribution in [0.3, 0.4) is 0 Å². The van der Waals surface area contributed by atoms with Gasteiger partial charge in [-0.15, -0.1) is 5.10 Å². The lowest BCUT2D eigenvalue weighted by atomic mass is 10.1. The van der Waals surface area contributed by atoms with Crippen molar-refractivity contribution < 1.29 is 0 Å². The summed E-state index contributed by atoms with van der Waals surface area (Å²) in [5.41, 5.74) is 17.0. The highest BCUT2D eigenvalue weighted by Crippen LogP contribution is 2.25. The summed E-state index contributed by atoms with van der Waals surface area (Å²) >= 11 is 0. The Kier molecular flexibility index (Phi) is 3.59. The molecular weight excluding hydrogens is 314 g/mol. The third kappa shape index (κ3) is 2.67. The van der Waals surface area contributed by atoms with Gasteiger partial charge >= 0.3 is 0 Å². The van der Waals surface area contributed by atoms with Crippen LogP contribution in [-0.2, 0) is 0 Å². The normalized spacial score (nSPS) is 11.8. The Morgan fingerprint density at radius 2 is 1.88 bits per heavy atom. The Labute approximate surface area is 143 Å². The molecule has 0 unspecified atom stereocenters. The van der Waals surface area contributed by atoms with E-state index in [0.29, 0.717) is 5.56 Å². The fourth-order valence-electron chi connectivity index (χ4n) is 2.80. The van der Waals surface area contributed by atoms with Gasteiger partial charge in [0.25, 0.3) is 0 Å². The van der Waals surface area contributed by atoms with Crippen LogP contribution in [0.4, 0.5) is 11.5 Å². The molecule has 4 rings (SSSR count). The van der Waals surface area contributed by atoms with E-state index in [9.17, 15) is 0 Å². The number of anilines is 2. The number of nitrogens with two attached hydrogens (primary N) is 1. The molecule has 0 atom stereocenters. The number of nitrogens with one attached hydrogen (secondary N) is 2. The first-order chi connectivity index (χ1) is 12.3. The molecule has 0 bridgehead atoms. The number of hydrogen-bond acceptors (Lipinski definition) is 4. The summed E-state index contributed by atoms with van der Waals surface area (Å²) in [6.45, 7) is 0. The Hall–Kier alpha value is -3.74. The monoisotopic (exact) mass is 329 g/mol. The lowest BCUT2D eigenvalue weighted by Crippen LogP contribution is -2.12. The lowest BCUT2D eigenvalue weighted by molar-refractivity contribution is 0.986. The molecule has 122 valence electrons. The summed E-state index contributed by atoms with van der Waals surface area (Å²) in [7, 11) is 0. The van der Waals surface area contributed by atoms with Crippen LogP contribution < -0.4 is 11.1 Å². The van der Waals surface area contributed by atoms with Gasteiger partial charge in [-0.25, -0.2) is 4.98 Å². The van der Waals surface area contributed by atoms with Gasteiger partial charge in [-0.2, -0.15) is 5.53 Å². The van der Waals surface area contributed by atoms with Crippen LogP contribution in [0.1, 0.15) is 5.56 Å². The van der Waals surface area contributed by atoms with E-state index in [-0.39, 0.29) is 5.84 Å². The Balaban J connectivity index is 1.90. The van der Waals surface area contributed by atoms with Crippen molar-refractivity contribution in [2.45, 2.75) is 0 Å². The number of amidine groups is 1. The maximum Gasteiger partial charge on any atom is 0.155 e. The van der Waals surface area contributed by atoms with Gasteiger partial charge in [0.15, 0.2) is 11.7 Å². The molecule has 0 spiro atoms. The molecule has 7 nitrogen and oxygen atoms in total. The summed E-state index contributed by atoms with van der Waals surface area (Å²) in [4.78, 5) is 4.75. The number of nitrogens with zero attached hydrogens (tertiary/aromatic N) is 4. The van der Waals surface area contributed by atoms with Crippen molar-refractivity contribution in [2.75, 3.05) is 5.32 Å². The molecule has 2 aromatic carbocycles. The zero-order chi connectivity index (χ0) is 17.2. The van der Waals surface area contributed by atoms with Crippen molar-refractivity contribution in [2.24, 2.45) is 16.1 Å². The molecule has 7 heteroatoms. The van der Waals surface area contributed by atoms with Gasteiger partial charge in [-0.05, 0) is 42.5 Å². The minimum Gasteiger partial charge on any atom is -0.382 e. The maximum absolute atomic E-state index is 6.82. The number of para-hydroxylation sites is 1. The molecule has 25 heavy (non-hydrogen) atoms. The number of benzene rings is 2. The molecule has 0 saturated heterocycles. The number of fused-ring (bicyclic) bond motifs is 3. The summed E-state index contributed by atoms with van der Waals surface area (Å²) in [6, 6.07) is 19.5. The molecule has 0 radical (unpaired) electrons. The average molecular weight is 329 g/mol. The highest BCUT2D eigenvalue weighted by Gasteiger charge is 2.10. The SMILES string of the molecule is N=NN=C(N)c1ccc2c(c1)nc(Nc1ccccc1)c1cccn12. The smallest absolute Gasteiger partial charge is 0.155 e. The molecule has 2 aromatic heterocycles. The number of rotatable bonds is 4. The van der Waals surface area contributed by atoms with Crippen molar-refractivity contribution in [3.8, 4) is 0 Å². The largest absolute Gasteiger partial charge is 0.382 e. The summed E-state index contributed by atoms with van der Waals surface area (Å²) < 4.78 is 2.07. The second-order valence-corrected chi connectivity index (χ2v) is 5.50. The molecule has 0 aliphatic carbocycles. The summed E-state index contributed by atoms with van der Waals surface area (Å²) in [5, 5.41) is 9.92. The van der Waals surface area contributed by atoms with E-state index in [1.54, 1.807) is 0 Å². The zero-order valence-electron chi connectivity index (χ0n) is 13.2. The second-order valence-electron chi connectivity index (χ2n) is 5.50. The number of hydrogen-bond donors (Lipinski definition) is 3. The third-order valence-corrected chi connectivity index (χ3v) is 3.95. The van der Waals surface area contributed by atoms with Crippen molar-refractivity contribution in [3.63, 3.8) is 0 Å². The van der Waals surface area contributed by atoms with Crippen LogP contribution in [0, 0.1) is 5.53 Å². The van der Waals surface area contributed by atoms with Gasteiger partial charge in [0, 0.05) is 17.4 Å². The van der Waals surface area contributed by atoms with Crippen LogP contribution in [-0.4, -0.2) is 15.2 Å². The van der Waals surface area contributed by atoms with Crippen molar-refractivity contribution in [1.29, 1.82) is 5.53 Å². The standard InChI is InChI=1S/C18H15N7/c19-17(23-24-20)12-8-9-15-14(11-12)22-18(16-7-4-10-25(15)16)21-13-5-2-1-3-6-13/h1-11H,(H,21,22)(H3,19,20,23). The molecule has 2 heterocycles. The van der Waals surface area contributed by atoms with Crippen LogP contribution in [0.2, 0.25) is 0 Å². The first-order valence-corrected chi connectivity index (χ1v) is 7.69. The first kappa shape index (κ1) is 14.8. The van der Waals surface area contributed by atoms with E-state index in [2.05, 4.69) is 20.0 Å². The van der Waals surface area contributed by atoms with Crippen LogP contribution >= 0.6 is 0 Å². The van der Waals surface area contributed by atoms with Crippen LogP contribution in [0.5, 0.6) is 0 Å². The maximum atomic E-state index is 6.82. The molecule has 4 aromatic rings. The van der Waals surface area contributed by atoms with Gasteiger partial charge in [-0.1, -0.05) is 23.4 Å². The predicted octanol–water partition coefficient (Wildman–Crippen LogP) is 3.88. The Morgan fingerprint density at radius 3 is 2.68 bits per heavy atom. The number of aromatic nitrogens is 2. The molecule has 4 N–H and O–H groups in total. The van der Waals surface area contributed by atoms with Crippen molar-refractivity contribution >= 4 is 33.9 Å². The van der Waals surface area contributed by atoms with Gasteiger partial charge in [0.05, 0.1) is 16.6 Å². The topological polar surface area (TPSA) is 104 Å². The summed E-state index contributed by atoms with van der Waals surface area (Å²) in [6.07, 6.45) is 1.99. The lowest BCUT2D eigenvalue weighted by Gasteiger charge is -2.11. The molecule has 0 fully saturated rings. The van der Waals surface area contributed by atoms with E-state index in [1.165, 1.54) is 0 Å². The van der Waals surface area contributed by atoms with Gasteiger partial charge in [0.2, 0.25) is 0 Å². The minimum absolute atomic E-state index is 0.184. The third-order valence-electron chi connectivity index (χ3n) is 3.95. The Morgan fingerprint density at radius 1 is 1.04 bits per heavy atom. The van der Waals surface area contributed by atoms with E-state index >= 15 is 0 Å². The van der Waals surface area contributed by atoms with Crippen LogP contribution in [0.25, 0.3) is 16.6 Å². The highest BCUT2D eigenvalue weighted by atomic mass is 15.3. The average Bonchev–Trinajstić information content (AvgIpc) is 3.13. The van der Waals surface area contributed by atoms with E-state index in [0.717, 1.165) is 28.1 Å². The summed E-state index contributed by atoms with van der Waals surface area (Å²) in [5.74, 6) is 0.936. The van der Waals surface area contributed by atoms with Gasteiger partial charge < -0.3 is 15.5 Å². The molecule has 0 aliphatic heterocycles. The second kappa shape index (κ2) is 6.04. The molecule has 0 amide bonds. The van der Waals surface area contributed by atoms with Gasteiger partial charge in [0.1, 0.15) is 0 Å². The van der Waals surface area contributed by atoms with Crippen molar-refractivity contribution in [1.82, 2.24) is 9.38 Å². The fourth-order valence-corrected chi connectivity index (χ4v) is 2.80. The fraction of sp³-hybridized carbons (Fsp3) is 0. The quantitative estimate of drug-likeness (QED) is 0.229. The van der Waals surface area contributed by atoms with E-state index in [1.807, 2.05) is 66.9 Å². The van der Waals surface area contributed by atoms with E-state index < -0.39 is 0 Å². The highest BCUT2D eigenvalue weighted by molar-refractivity contribution is 6.00.